The Bertz CT molecular complexity index is 738. The number of aliphatic carboxylic acids is 1. The molecule has 114 valence electrons. The van der Waals surface area contributed by atoms with Crippen LogP contribution in [0.1, 0.15) is 10.4 Å². The monoisotopic (exact) mass is 300 g/mol. The molecule has 2 aromatic rings. The Balaban J connectivity index is 0.00000116. The highest BCUT2D eigenvalue weighted by Crippen LogP contribution is 2.27. The van der Waals surface area contributed by atoms with E-state index in [-0.39, 0.29) is 11.3 Å². The Hall–Kier alpha value is -2.99. The minimum Gasteiger partial charge on any atom is -0.478 e. The first-order valence-electron chi connectivity index (χ1n) is 6.28. The number of hydrogen-bond donors (Lipinski definition) is 3. The minimum atomic E-state index is -1.34. The van der Waals surface area contributed by atoms with Crippen LogP contribution in [0.3, 0.4) is 0 Å². The molecular formula is C16H16N2O4. The van der Waals surface area contributed by atoms with Gasteiger partial charge in [-0.05, 0) is 23.9 Å². The second-order valence-electron chi connectivity index (χ2n) is 4.03. The van der Waals surface area contributed by atoms with Crippen molar-refractivity contribution in [3.63, 3.8) is 0 Å². The van der Waals surface area contributed by atoms with E-state index in [2.05, 4.69) is 12.3 Å². The highest BCUT2D eigenvalue weighted by Gasteiger charge is 2.15. The number of rotatable bonds is 4. The maximum absolute atomic E-state index is 11.2. The van der Waals surface area contributed by atoms with Crippen LogP contribution in [0.15, 0.2) is 48.6 Å². The molecule has 0 radical (unpaired) electrons. The molecule has 0 spiro atoms. The normalized spacial score (nSPS) is 9.36. The number of ether oxygens (including phenoxy) is 1. The highest BCUT2D eigenvalue weighted by atomic mass is 16.5. The third-order valence-corrected chi connectivity index (χ3v) is 2.79. The van der Waals surface area contributed by atoms with Crippen LogP contribution in [0.25, 0.3) is 10.8 Å². The third-order valence-electron chi connectivity index (χ3n) is 2.79. The Morgan fingerprint density at radius 3 is 2.50 bits per heavy atom. The largest absolute Gasteiger partial charge is 0.478 e. The van der Waals surface area contributed by atoms with E-state index in [1.54, 1.807) is 18.2 Å². The maximum atomic E-state index is 11.2. The van der Waals surface area contributed by atoms with Crippen molar-refractivity contribution < 1.29 is 19.4 Å². The number of carboxylic acids is 1. The molecule has 2 aromatic carbocycles. The summed E-state index contributed by atoms with van der Waals surface area (Å²) in [5, 5.41) is 17.8. The number of aldehydes is 1. The molecule has 6 heteroatoms. The lowest BCUT2D eigenvalue weighted by Gasteiger charge is -2.10. The number of nitrogens with one attached hydrogen (secondary N) is 1. The van der Waals surface area contributed by atoms with Gasteiger partial charge in [0.1, 0.15) is 11.3 Å². The lowest BCUT2D eigenvalue weighted by Crippen LogP contribution is -2.16. The third kappa shape index (κ3) is 3.56. The maximum Gasteiger partial charge on any atom is 0.340 e. The first-order chi connectivity index (χ1) is 10.5. The number of carboxylic acid groups (broad SMARTS) is 1. The van der Waals surface area contributed by atoms with Crippen LogP contribution < -0.4 is 10.5 Å². The van der Waals surface area contributed by atoms with Gasteiger partial charge in [-0.3, -0.25) is 10.2 Å². The van der Waals surface area contributed by atoms with Crippen LogP contribution in [0, 0.1) is 5.41 Å². The number of carbonyl (C=O) groups is 2. The van der Waals surface area contributed by atoms with Crippen LogP contribution in [0.2, 0.25) is 0 Å². The molecule has 6 nitrogen and oxygen atoms in total. The van der Waals surface area contributed by atoms with Crippen molar-refractivity contribution >= 4 is 28.9 Å². The molecule has 0 aliphatic carbocycles. The summed E-state index contributed by atoms with van der Waals surface area (Å²) in [6.45, 7) is 3.23. The molecule has 0 aromatic heterocycles. The number of hydrogen-bond acceptors (Lipinski definition) is 5. The van der Waals surface area contributed by atoms with Gasteiger partial charge >= 0.3 is 5.97 Å². The zero-order chi connectivity index (χ0) is 16.7. The molecular weight excluding hydrogens is 284 g/mol. The van der Waals surface area contributed by atoms with E-state index in [9.17, 15) is 9.59 Å². The second-order valence-corrected chi connectivity index (χ2v) is 4.03. The highest BCUT2D eigenvalue weighted by molar-refractivity contribution is 6.15. The van der Waals surface area contributed by atoms with Crippen molar-refractivity contribution in [2.45, 2.75) is 0 Å². The number of carbonyl (C=O) groups excluding carboxylic acids is 1. The Morgan fingerprint density at radius 1 is 1.27 bits per heavy atom. The number of fused-ring (bicyclic) bond motifs is 1. The fourth-order valence-corrected chi connectivity index (χ4v) is 1.75. The first kappa shape index (κ1) is 17.1. The van der Waals surface area contributed by atoms with Crippen LogP contribution in [0.5, 0.6) is 5.75 Å². The summed E-state index contributed by atoms with van der Waals surface area (Å²) in [5.74, 6) is -1.81. The van der Waals surface area contributed by atoms with Crippen LogP contribution >= 0.6 is 0 Å². The van der Waals surface area contributed by atoms with Crippen LogP contribution in [0.4, 0.5) is 0 Å². The lowest BCUT2D eigenvalue weighted by molar-refractivity contribution is -0.132. The van der Waals surface area contributed by atoms with Gasteiger partial charge in [-0.2, -0.15) is 0 Å². The molecule has 0 amide bonds. The number of nitrogens with two attached hydrogens (primary N) is 1. The van der Waals surface area contributed by atoms with E-state index in [4.69, 9.17) is 15.3 Å². The molecule has 0 aliphatic rings. The summed E-state index contributed by atoms with van der Waals surface area (Å²) in [5.41, 5.74) is 4.29. The number of benzene rings is 2. The van der Waals surface area contributed by atoms with Crippen LogP contribution in [-0.4, -0.2) is 30.3 Å². The van der Waals surface area contributed by atoms with Gasteiger partial charge in [0.2, 0.25) is 5.90 Å². The van der Waals surface area contributed by atoms with Crippen molar-refractivity contribution in [1.29, 1.82) is 5.41 Å². The van der Waals surface area contributed by atoms with Crippen molar-refractivity contribution in [3.8, 4) is 5.75 Å². The van der Waals surface area contributed by atoms with Crippen LogP contribution in [-0.2, 0) is 4.79 Å². The summed E-state index contributed by atoms with van der Waals surface area (Å²) in [4.78, 5) is 21.9. The van der Waals surface area contributed by atoms with E-state index in [0.717, 1.165) is 5.39 Å². The van der Waals surface area contributed by atoms with E-state index in [0.29, 0.717) is 11.7 Å². The second kappa shape index (κ2) is 7.70. The smallest absolute Gasteiger partial charge is 0.340 e. The average molecular weight is 300 g/mol. The van der Waals surface area contributed by atoms with Crippen molar-refractivity contribution in [1.82, 2.24) is 0 Å². The predicted molar refractivity (Wildman–Crippen MR) is 84.6 cm³/mol. The molecule has 0 saturated heterocycles. The molecule has 0 unspecified atom stereocenters. The molecule has 0 fully saturated rings. The van der Waals surface area contributed by atoms with Gasteiger partial charge in [-0.1, -0.05) is 36.9 Å². The zero-order valence-electron chi connectivity index (χ0n) is 12.0. The Kier molecular flexibility index (Phi) is 5.97. The topological polar surface area (TPSA) is 113 Å². The zero-order valence-corrected chi connectivity index (χ0v) is 12.0. The van der Waals surface area contributed by atoms with Crippen molar-refractivity contribution in [2.24, 2.45) is 5.73 Å². The van der Waals surface area contributed by atoms with Gasteiger partial charge in [-0.25, -0.2) is 4.79 Å². The van der Waals surface area contributed by atoms with Crippen molar-refractivity contribution in [3.05, 3.63) is 54.1 Å². The Labute approximate surface area is 127 Å². The molecule has 0 bridgehead atoms. The minimum absolute atomic E-state index is 0.131. The van der Waals surface area contributed by atoms with Gasteiger partial charge in [0.25, 0.3) is 0 Å². The summed E-state index contributed by atoms with van der Waals surface area (Å²) < 4.78 is 5.14. The molecule has 0 atom stereocenters. The summed E-state index contributed by atoms with van der Waals surface area (Å²) in [6.07, 6.45) is 0.620. The molecule has 0 aliphatic heterocycles. The standard InChI is InChI=1S/C15H11NO4.CH5N/c1-9(15(18)19)14(16)20-13-7-6-10-4-2-3-5-11(10)12(13)8-17;1-2/h2-8,16H,1H2,(H,18,19);2H2,1H3. The molecule has 22 heavy (non-hydrogen) atoms. The SMILES string of the molecule is C=C(C(=N)Oc1ccc2ccccc2c1C=O)C(=O)O.CN. The Morgan fingerprint density at radius 2 is 1.91 bits per heavy atom. The molecule has 2 rings (SSSR count). The summed E-state index contributed by atoms with van der Waals surface area (Å²) in [7, 11) is 1.50. The van der Waals surface area contributed by atoms with Gasteiger partial charge in [-0.15, -0.1) is 0 Å². The van der Waals surface area contributed by atoms with Gasteiger partial charge in [0.15, 0.2) is 6.29 Å². The average Bonchev–Trinajstić information content (AvgIpc) is 2.55. The lowest BCUT2D eigenvalue weighted by atomic mass is 10.0. The summed E-state index contributed by atoms with van der Waals surface area (Å²) in [6, 6.07) is 10.5. The molecule has 0 heterocycles. The predicted octanol–water partition coefficient (Wildman–Crippen LogP) is 2.22. The van der Waals surface area contributed by atoms with E-state index >= 15 is 0 Å². The van der Waals surface area contributed by atoms with E-state index < -0.39 is 17.4 Å². The van der Waals surface area contributed by atoms with Crippen molar-refractivity contribution in [2.75, 3.05) is 7.05 Å². The molecule has 4 N–H and O–H groups in total. The quantitative estimate of drug-likeness (QED) is 0.347. The van der Waals surface area contributed by atoms with Gasteiger partial charge < -0.3 is 15.6 Å². The fraction of sp³-hybridized carbons (Fsp3) is 0.0625. The van der Waals surface area contributed by atoms with E-state index in [1.807, 2.05) is 12.1 Å². The fourth-order valence-electron chi connectivity index (χ4n) is 1.75. The van der Waals surface area contributed by atoms with Gasteiger partial charge in [0.05, 0.1) is 5.56 Å². The first-order valence-corrected chi connectivity index (χ1v) is 6.28. The van der Waals surface area contributed by atoms with Gasteiger partial charge in [0, 0.05) is 0 Å². The summed E-state index contributed by atoms with van der Waals surface area (Å²) >= 11 is 0. The molecule has 0 saturated carbocycles. The van der Waals surface area contributed by atoms with E-state index in [1.165, 1.54) is 13.1 Å².